The smallest absolute Gasteiger partial charge is 0.262 e. The lowest BCUT2D eigenvalue weighted by Gasteiger charge is -2.23. The van der Waals surface area contributed by atoms with E-state index in [1.807, 2.05) is 42.5 Å². The standard InChI is InChI=1S/C18H15NO3/c1-19-15-6-4-3-5-14(15)17-16(18(19)20)13-8-7-12(21-2)9-11(13)10-22-17/h3-9H,10H2,1-2H3. The summed E-state index contributed by atoms with van der Waals surface area (Å²) in [6, 6.07) is 13.5. The number of hydrogen-bond acceptors (Lipinski definition) is 3. The Morgan fingerprint density at radius 3 is 2.82 bits per heavy atom. The van der Waals surface area contributed by atoms with E-state index in [-0.39, 0.29) is 5.56 Å². The lowest BCUT2D eigenvalue weighted by molar-refractivity contribution is 0.304. The molecule has 0 atom stereocenters. The number of aromatic nitrogens is 1. The second-order valence-electron chi connectivity index (χ2n) is 5.40. The van der Waals surface area contributed by atoms with Crippen LogP contribution in [0.2, 0.25) is 0 Å². The van der Waals surface area contributed by atoms with Crippen LogP contribution < -0.4 is 15.0 Å². The molecule has 1 aliphatic rings. The Hall–Kier alpha value is -2.75. The van der Waals surface area contributed by atoms with Gasteiger partial charge in [-0.2, -0.15) is 0 Å². The topological polar surface area (TPSA) is 40.5 Å². The highest BCUT2D eigenvalue weighted by molar-refractivity contribution is 5.93. The molecule has 0 spiro atoms. The Kier molecular flexibility index (Phi) is 2.73. The van der Waals surface area contributed by atoms with Crippen LogP contribution in [0.3, 0.4) is 0 Å². The molecule has 22 heavy (non-hydrogen) atoms. The average Bonchev–Trinajstić information content (AvgIpc) is 2.58. The first-order valence-electron chi connectivity index (χ1n) is 7.12. The number of benzene rings is 2. The second kappa shape index (κ2) is 4.63. The second-order valence-corrected chi connectivity index (χ2v) is 5.40. The van der Waals surface area contributed by atoms with Gasteiger partial charge in [-0.3, -0.25) is 4.79 Å². The molecule has 2 aromatic carbocycles. The highest BCUT2D eigenvalue weighted by Gasteiger charge is 2.24. The lowest BCUT2D eigenvalue weighted by atomic mass is 9.96. The van der Waals surface area contributed by atoms with E-state index in [4.69, 9.17) is 9.47 Å². The quantitative estimate of drug-likeness (QED) is 0.692. The van der Waals surface area contributed by atoms with Crippen LogP contribution in [-0.2, 0) is 13.7 Å². The normalized spacial score (nSPS) is 12.5. The van der Waals surface area contributed by atoms with Gasteiger partial charge in [0.2, 0.25) is 0 Å². The first kappa shape index (κ1) is 13.0. The predicted molar refractivity (Wildman–Crippen MR) is 85.5 cm³/mol. The number of rotatable bonds is 1. The van der Waals surface area contributed by atoms with Gasteiger partial charge in [-0.25, -0.2) is 0 Å². The van der Waals surface area contributed by atoms with Gasteiger partial charge in [0, 0.05) is 18.0 Å². The summed E-state index contributed by atoms with van der Waals surface area (Å²) in [5, 5.41) is 0.959. The summed E-state index contributed by atoms with van der Waals surface area (Å²) >= 11 is 0. The van der Waals surface area contributed by atoms with E-state index in [9.17, 15) is 4.79 Å². The van der Waals surface area contributed by atoms with Crippen molar-refractivity contribution in [3.8, 4) is 22.6 Å². The molecule has 0 unspecified atom stereocenters. The monoisotopic (exact) mass is 293 g/mol. The van der Waals surface area contributed by atoms with Gasteiger partial charge in [-0.05, 0) is 35.9 Å². The van der Waals surface area contributed by atoms with Crippen LogP contribution in [0.15, 0.2) is 47.3 Å². The SMILES string of the molecule is COc1ccc2c(c1)COc1c-2c(=O)n(C)c2ccccc12. The number of para-hydroxylation sites is 1. The molecule has 0 amide bonds. The Morgan fingerprint density at radius 2 is 2.00 bits per heavy atom. The minimum Gasteiger partial charge on any atom is -0.497 e. The third-order valence-electron chi connectivity index (χ3n) is 4.21. The van der Waals surface area contributed by atoms with E-state index in [0.29, 0.717) is 17.9 Å². The first-order chi connectivity index (χ1) is 10.7. The van der Waals surface area contributed by atoms with Crippen LogP contribution in [-0.4, -0.2) is 11.7 Å². The number of nitrogens with zero attached hydrogens (tertiary/aromatic N) is 1. The van der Waals surface area contributed by atoms with Crippen LogP contribution in [0.25, 0.3) is 22.0 Å². The van der Waals surface area contributed by atoms with Crippen LogP contribution in [0.1, 0.15) is 5.56 Å². The predicted octanol–water partition coefficient (Wildman–Crippen LogP) is 3.11. The van der Waals surface area contributed by atoms with Crippen molar-refractivity contribution in [3.05, 3.63) is 58.4 Å². The fourth-order valence-electron chi connectivity index (χ4n) is 3.06. The van der Waals surface area contributed by atoms with Gasteiger partial charge >= 0.3 is 0 Å². The van der Waals surface area contributed by atoms with Crippen molar-refractivity contribution in [1.82, 2.24) is 4.57 Å². The number of ether oxygens (including phenoxy) is 2. The van der Waals surface area contributed by atoms with Crippen molar-refractivity contribution in [3.63, 3.8) is 0 Å². The molecule has 1 aliphatic heterocycles. The number of pyridine rings is 1. The van der Waals surface area contributed by atoms with E-state index in [2.05, 4.69) is 0 Å². The van der Waals surface area contributed by atoms with Crippen LogP contribution in [0.5, 0.6) is 11.5 Å². The third-order valence-corrected chi connectivity index (χ3v) is 4.21. The number of fused-ring (bicyclic) bond motifs is 5. The highest BCUT2D eigenvalue weighted by Crippen LogP contribution is 2.40. The molecule has 0 aliphatic carbocycles. The molecule has 110 valence electrons. The van der Waals surface area contributed by atoms with Gasteiger partial charge in [0.1, 0.15) is 18.1 Å². The summed E-state index contributed by atoms with van der Waals surface area (Å²) in [5.74, 6) is 1.44. The van der Waals surface area contributed by atoms with Gasteiger partial charge in [-0.1, -0.05) is 12.1 Å². The van der Waals surface area contributed by atoms with Crippen molar-refractivity contribution >= 4 is 10.9 Å². The molecule has 0 radical (unpaired) electrons. The molecule has 4 nitrogen and oxygen atoms in total. The molecule has 0 fully saturated rings. The highest BCUT2D eigenvalue weighted by atomic mass is 16.5. The molecule has 3 aromatic rings. The first-order valence-corrected chi connectivity index (χ1v) is 7.12. The van der Waals surface area contributed by atoms with E-state index >= 15 is 0 Å². The zero-order chi connectivity index (χ0) is 15.3. The third kappa shape index (κ3) is 1.67. The fourth-order valence-corrected chi connectivity index (χ4v) is 3.06. The lowest BCUT2D eigenvalue weighted by Crippen LogP contribution is -2.23. The van der Waals surface area contributed by atoms with E-state index in [1.165, 1.54) is 0 Å². The molecule has 0 saturated heterocycles. The van der Waals surface area contributed by atoms with Gasteiger partial charge < -0.3 is 14.0 Å². The Balaban J connectivity index is 2.11. The summed E-state index contributed by atoms with van der Waals surface area (Å²) < 4.78 is 12.9. The van der Waals surface area contributed by atoms with Gasteiger partial charge in [0.05, 0.1) is 18.2 Å². The van der Waals surface area contributed by atoms with Crippen LogP contribution >= 0.6 is 0 Å². The molecule has 0 bridgehead atoms. The van der Waals surface area contributed by atoms with Crippen molar-refractivity contribution in [2.75, 3.05) is 7.11 Å². The molecule has 0 saturated carbocycles. The fraction of sp³-hybridized carbons (Fsp3) is 0.167. The summed E-state index contributed by atoms with van der Waals surface area (Å²) in [6.45, 7) is 0.441. The molecule has 0 N–H and O–H groups in total. The maximum atomic E-state index is 12.8. The van der Waals surface area contributed by atoms with Crippen molar-refractivity contribution < 1.29 is 9.47 Å². The van der Waals surface area contributed by atoms with Gasteiger partial charge in [0.15, 0.2) is 0 Å². The van der Waals surface area contributed by atoms with E-state index in [1.54, 1.807) is 18.7 Å². The molecular weight excluding hydrogens is 278 g/mol. The summed E-state index contributed by atoms with van der Waals surface area (Å²) in [6.07, 6.45) is 0. The molecule has 4 rings (SSSR count). The van der Waals surface area contributed by atoms with Crippen LogP contribution in [0, 0.1) is 0 Å². The summed E-state index contributed by atoms with van der Waals surface area (Å²) in [5.41, 5.74) is 3.36. The zero-order valence-corrected chi connectivity index (χ0v) is 12.4. The Bertz CT molecular complexity index is 956. The number of aryl methyl sites for hydroxylation is 1. The minimum absolute atomic E-state index is 0.0418. The minimum atomic E-state index is -0.0418. The van der Waals surface area contributed by atoms with Gasteiger partial charge in [-0.15, -0.1) is 0 Å². The number of methoxy groups -OCH3 is 1. The average molecular weight is 293 g/mol. The Morgan fingerprint density at radius 1 is 1.18 bits per heavy atom. The van der Waals surface area contributed by atoms with Crippen LogP contribution in [0.4, 0.5) is 0 Å². The summed E-state index contributed by atoms with van der Waals surface area (Å²) in [4.78, 5) is 12.8. The van der Waals surface area contributed by atoms with E-state index < -0.39 is 0 Å². The summed E-state index contributed by atoms with van der Waals surface area (Å²) in [7, 11) is 3.43. The van der Waals surface area contributed by atoms with Crippen molar-refractivity contribution in [2.24, 2.45) is 7.05 Å². The maximum absolute atomic E-state index is 12.8. The van der Waals surface area contributed by atoms with Crippen molar-refractivity contribution in [2.45, 2.75) is 6.61 Å². The molecule has 2 heterocycles. The number of hydrogen-bond donors (Lipinski definition) is 0. The molecule has 1 aromatic heterocycles. The van der Waals surface area contributed by atoms with E-state index in [0.717, 1.165) is 27.8 Å². The van der Waals surface area contributed by atoms with Gasteiger partial charge in [0.25, 0.3) is 5.56 Å². The van der Waals surface area contributed by atoms with Crippen molar-refractivity contribution in [1.29, 1.82) is 0 Å². The largest absolute Gasteiger partial charge is 0.497 e. The maximum Gasteiger partial charge on any atom is 0.262 e. The molecule has 4 heteroatoms. The zero-order valence-electron chi connectivity index (χ0n) is 12.4. The molecular formula is C18H15NO3. The Labute approximate surface area is 127 Å².